The molecule has 2 aromatic rings. The summed E-state index contributed by atoms with van der Waals surface area (Å²) in [6.45, 7) is 1.95. The molecular weight excluding hydrogens is 303 g/mol. The van der Waals surface area contributed by atoms with Gasteiger partial charge in [0.05, 0.1) is 5.56 Å². The van der Waals surface area contributed by atoms with E-state index in [2.05, 4.69) is 15.7 Å². The van der Waals surface area contributed by atoms with Crippen molar-refractivity contribution in [3.8, 4) is 0 Å². The molecule has 1 N–H and O–H groups in total. The van der Waals surface area contributed by atoms with Crippen molar-refractivity contribution in [2.75, 3.05) is 0 Å². The molecule has 0 aliphatic heterocycles. The molecule has 0 saturated carbocycles. The minimum Gasteiger partial charge on any atom is -0.349 e. The number of thiophene rings is 1. The number of nitrogens with one attached hydrogen (secondary N) is 1. The van der Waals surface area contributed by atoms with Crippen LogP contribution in [0.4, 0.5) is 0 Å². The molecule has 0 aliphatic carbocycles. The summed E-state index contributed by atoms with van der Waals surface area (Å²) in [6, 6.07) is 5.19. The Balaban J connectivity index is 2.00. The Morgan fingerprint density at radius 1 is 1.42 bits per heavy atom. The summed E-state index contributed by atoms with van der Waals surface area (Å²) in [5, 5.41) is 7.37. The van der Waals surface area contributed by atoms with Gasteiger partial charge in [-0.25, -0.2) is 4.98 Å². The van der Waals surface area contributed by atoms with Crippen LogP contribution in [0, 0.1) is 0 Å². The van der Waals surface area contributed by atoms with Gasteiger partial charge >= 0.3 is 0 Å². The van der Waals surface area contributed by atoms with Gasteiger partial charge in [0.2, 0.25) is 0 Å². The van der Waals surface area contributed by atoms with E-state index in [9.17, 15) is 4.79 Å². The number of carbonyl (C=O) groups excluding carboxylic acids is 1. The third-order valence-electron chi connectivity index (χ3n) is 2.56. The largest absolute Gasteiger partial charge is 0.349 e. The van der Waals surface area contributed by atoms with Crippen LogP contribution in [-0.4, -0.2) is 16.9 Å². The van der Waals surface area contributed by atoms with E-state index < -0.39 is 0 Å². The maximum Gasteiger partial charge on any atom is 0.254 e. The summed E-state index contributed by atoms with van der Waals surface area (Å²) < 4.78 is 0. The number of rotatable bonds is 4. The summed E-state index contributed by atoms with van der Waals surface area (Å²) in [6.07, 6.45) is 0.786. The van der Waals surface area contributed by atoms with E-state index in [1.165, 1.54) is 5.56 Å². The number of carbonyl (C=O) groups is 1. The van der Waals surface area contributed by atoms with Gasteiger partial charge in [-0.15, -0.1) is 0 Å². The first-order valence-electron chi connectivity index (χ1n) is 5.70. The summed E-state index contributed by atoms with van der Waals surface area (Å²) in [5.41, 5.74) is 1.54. The van der Waals surface area contributed by atoms with E-state index in [-0.39, 0.29) is 22.3 Å². The molecule has 3 nitrogen and oxygen atoms in total. The molecule has 1 atom stereocenters. The van der Waals surface area contributed by atoms with Crippen LogP contribution in [0.1, 0.15) is 22.8 Å². The molecule has 19 heavy (non-hydrogen) atoms. The van der Waals surface area contributed by atoms with Gasteiger partial charge in [0, 0.05) is 6.04 Å². The molecule has 0 spiro atoms. The molecule has 6 heteroatoms. The van der Waals surface area contributed by atoms with Gasteiger partial charge < -0.3 is 5.32 Å². The topological polar surface area (TPSA) is 42.0 Å². The van der Waals surface area contributed by atoms with Crippen molar-refractivity contribution in [1.82, 2.24) is 10.3 Å². The van der Waals surface area contributed by atoms with Gasteiger partial charge in [-0.3, -0.25) is 4.79 Å². The fraction of sp³-hybridized carbons (Fsp3) is 0.231. The Morgan fingerprint density at radius 2 is 2.21 bits per heavy atom. The van der Waals surface area contributed by atoms with Crippen LogP contribution in [-0.2, 0) is 6.42 Å². The third kappa shape index (κ3) is 3.93. The highest BCUT2D eigenvalue weighted by atomic mass is 35.5. The molecule has 0 aromatic carbocycles. The molecule has 0 radical (unpaired) electrons. The number of hydrogen-bond acceptors (Lipinski definition) is 3. The first-order valence-corrected chi connectivity index (χ1v) is 7.40. The van der Waals surface area contributed by atoms with Crippen molar-refractivity contribution in [2.45, 2.75) is 19.4 Å². The standard InChI is InChI=1S/C13H12Cl2N2OS/c1-8(6-9-4-5-19-7-9)16-13(18)10-2-3-11(14)17-12(10)15/h2-5,7-8H,6H2,1H3,(H,16,18). The predicted molar refractivity (Wildman–Crippen MR) is 79.2 cm³/mol. The van der Waals surface area contributed by atoms with Crippen molar-refractivity contribution >= 4 is 40.4 Å². The molecule has 2 rings (SSSR count). The number of aromatic nitrogens is 1. The zero-order valence-electron chi connectivity index (χ0n) is 10.2. The third-order valence-corrected chi connectivity index (χ3v) is 3.79. The van der Waals surface area contributed by atoms with Crippen molar-refractivity contribution in [1.29, 1.82) is 0 Å². The zero-order valence-corrected chi connectivity index (χ0v) is 12.5. The Kier molecular flexibility index (Phi) is 4.80. The molecule has 0 fully saturated rings. The Bertz CT molecular complexity index is 572. The quantitative estimate of drug-likeness (QED) is 0.872. The second-order valence-corrected chi connectivity index (χ2v) is 5.71. The highest BCUT2D eigenvalue weighted by Gasteiger charge is 2.14. The highest BCUT2D eigenvalue weighted by Crippen LogP contribution is 2.17. The average Bonchev–Trinajstić information content (AvgIpc) is 2.81. The average molecular weight is 315 g/mol. The molecular formula is C13H12Cl2N2OS. The number of nitrogens with zero attached hydrogens (tertiary/aromatic N) is 1. The summed E-state index contributed by atoms with van der Waals surface area (Å²) in [7, 11) is 0. The van der Waals surface area contributed by atoms with Crippen molar-refractivity contribution in [3.63, 3.8) is 0 Å². The van der Waals surface area contributed by atoms with E-state index in [0.717, 1.165) is 6.42 Å². The minimum atomic E-state index is -0.239. The van der Waals surface area contributed by atoms with Gasteiger partial charge in [-0.05, 0) is 47.9 Å². The first-order chi connectivity index (χ1) is 9.06. The van der Waals surface area contributed by atoms with Crippen LogP contribution in [0.25, 0.3) is 0 Å². The maximum atomic E-state index is 12.0. The number of pyridine rings is 1. The van der Waals surface area contributed by atoms with E-state index in [0.29, 0.717) is 5.56 Å². The van der Waals surface area contributed by atoms with E-state index in [1.54, 1.807) is 23.5 Å². The van der Waals surface area contributed by atoms with Gasteiger partial charge in [0.1, 0.15) is 10.3 Å². The van der Waals surface area contributed by atoms with Gasteiger partial charge in [0.15, 0.2) is 0 Å². The van der Waals surface area contributed by atoms with Gasteiger partial charge in [-0.2, -0.15) is 11.3 Å². The molecule has 1 unspecified atom stereocenters. The Labute approximate surface area is 125 Å². The lowest BCUT2D eigenvalue weighted by molar-refractivity contribution is 0.0940. The lowest BCUT2D eigenvalue weighted by atomic mass is 10.1. The van der Waals surface area contributed by atoms with Crippen LogP contribution in [0.15, 0.2) is 29.0 Å². The van der Waals surface area contributed by atoms with E-state index >= 15 is 0 Å². The summed E-state index contributed by atoms with van der Waals surface area (Å²) in [5.74, 6) is -0.239. The monoisotopic (exact) mass is 314 g/mol. The van der Waals surface area contributed by atoms with Crippen molar-refractivity contribution in [3.05, 3.63) is 50.4 Å². The zero-order chi connectivity index (χ0) is 13.8. The first kappa shape index (κ1) is 14.3. The van der Waals surface area contributed by atoms with Gasteiger partial charge in [0.25, 0.3) is 5.91 Å². The second kappa shape index (κ2) is 6.37. The van der Waals surface area contributed by atoms with Crippen molar-refractivity contribution in [2.24, 2.45) is 0 Å². The number of halogens is 2. The van der Waals surface area contributed by atoms with Crippen LogP contribution in [0.2, 0.25) is 10.3 Å². The predicted octanol–water partition coefficient (Wildman–Crippen LogP) is 3.81. The fourth-order valence-corrected chi connectivity index (χ4v) is 2.81. The summed E-state index contributed by atoms with van der Waals surface area (Å²) in [4.78, 5) is 15.9. The Morgan fingerprint density at radius 3 is 2.84 bits per heavy atom. The number of hydrogen-bond donors (Lipinski definition) is 1. The molecule has 1 amide bonds. The lowest BCUT2D eigenvalue weighted by Gasteiger charge is -2.13. The molecule has 2 heterocycles. The van der Waals surface area contributed by atoms with Crippen LogP contribution in [0.5, 0.6) is 0 Å². The molecule has 100 valence electrons. The minimum absolute atomic E-state index is 0.0221. The number of amides is 1. The van der Waals surface area contributed by atoms with Crippen molar-refractivity contribution < 1.29 is 4.79 Å². The SMILES string of the molecule is CC(Cc1ccsc1)NC(=O)c1ccc(Cl)nc1Cl. The highest BCUT2D eigenvalue weighted by molar-refractivity contribution is 7.07. The molecule has 0 bridgehead atoms. The van der Waals surface area contributed by atoms with E-state index in [4.69, 9.17) is 23.2 Å². The molecule has 0 aliphatic rings. The van der Waals surface area contributed by atoms with Crippen LogP contribution >= 0.6 is 34.5 Å². The molecule has 2 aromatic heterocycles. The Hall–Kier alpha value is -1.10. The van der Waals surface area contributed by atoms with Gasteiger partial charge in [-0.1, -0.05) is 23.2 Å². The lowest BCUT2D eigenvalue weighted by Crippen LogP contribution is -2.34. The van der Waals surface area contributed by atoms with Crippen LogP contribution in [0.3, 0.4) is 0 Å². The van der Waals surface area contributed by atoms with E-state index in [1.807, 2.05) is 18.4 Å². The fourth-order valence-electron chi connectivity index (χ4n) is 1.70. The molecule has 0 saturated heterocycles. The normalized spacial score (nSPS) is 12.2. The second-order valence-electron chi connectivity index (χ2n) is 4.18. The smallest absolute Gasteiger partial charge is 0.254 e. The maximum absolute atomic E-state index is 12.0. The summed E-state index contributed by atoms with van der Waals surface area (Å²) >= 11 is 13.2. The van der Waals surface area contributed by atoms with Crippen LogP contribution < -0.4 is 5.32 Å².